The zero-order chi connectivity index (χ0) is 14.7. The van der Waals surface area contributed by atoms with Crippen LogP contribution in [0.3, 0.4) is 0 Å². The van der Waals surface area contributed by atoms with Crippen LogP contribution in [-0.4, -0.2) is 9.97 Å². The highest BCUT2D eigenvalue weighted by atomic mass is 35.5. The molecule has 0 unspecified atom stereocenters. The van der Waals surface area contributed by atoms with E-state index < -0.39 is 5.82 Å². The Labute approximate surface area is 121 Å². The van der Waals surface area contributed by atoms with Crippen molar-refractivity contribution in [2.24, 2.45) is 0 Å². The zero-order valence-electron chi connectivity index (χ0n) is 11.3. The summed E-state index contributed by atoms with van der Waals surface area (Å²) in [4.78, 5) is 8.44. The third-order valence-electron chi connectivity index (χ3n) is 2.78. The van der Waals surface area contributed by atoms with Gasteiger partial charge in [-0.15, -0.1) is 0 Å². The minimum absolute atomic E-state index is 0.00374. The lowest BCUT2D eigenvalue weighted by Crippen LogP contribution is -2.05. The van der Waals surface area contributed by atoms with E-state index in [1.807, 2.05) is 6.92 Å². The third-order valence-corrected chi connectivity index (χ3v) is 3.07. The highest BCUT2D eigenvalue weighted by Gasteiger charge is 2.14. The van der Waals surface area contributed by atoms with Gasteiger partial charge in [0, 0.05) is 6.42 Å². The van der Waals surface area contributed by atoms with Gasteiger partial charge < -0.3 is 10.5 Å². The van der Waals surface area contributed by atoms with Gasteiger partial charge in [-0.3, -0.25) is 0 Å². The normalized spacial score (nSPS) is 10.6. The van der Waals surface area contributed by atoms with Crippen LogP contribution in [0.1, 0.15) is 24.7 Å². The Morgan fingerprint density at radius 3 is 2.80 bits per heavy atom. The molecule has 4 nitrogen and oxygen atoms in total. The molecule has 0 saturated heterocycles. The average Bonchev–Trinajstić information content (AvgIpc) is 2.41. The molecule has 0 spiro atoms. The van der Waals surface area contributed by atoms with Gasteiger partial charge in [0.1, 0.15) is 11.6 Å². The molecule has 0 fully saturated rings. The van der Waals surface area contributed by atoms with Crippen molar-refractivity contribution in [3.8, 4) is 11.6 Å². The van der Waals surface area contributed by atoms with Crippen LogP contribution < -0.4 is 10.5 Å². The SMILES string of the molecule is CCCc1nc(N)c(C)c(Oc2cccc(Cl)c2F)n1. The molecule has 0 atom stereocenters. The molecule has 20 heavy (non-hydrogen) atoms. The summed E-state index contributed by atoms with van der Waals surface area (Å²) < 4.78 is 19.3. The van der Waals surface area contributed by atoms with Gasteiger partial charge in [-0.25, -0.2) is 9.37 Å². The van der Waals surface area contributed by atoms with Gasteiger partial charge in [0.25, 0.3) is 0 Å². The van der Waals surface area contributed by atoms with Crippen molar-refractivity contribution in [3.05, 3.63) is 40.4 Å². The third kappa shape index (κ3) is 2.99. The van der Waals surface area contributed by atoms with Gasteiger partial charge in [-0.1, -0.05) is 24.6 Å². The second-order valence-electron chi connectivity index (χ2n) is 4.36. The molecule has 0 saturated carbocycles. The number of nitrogens with zero attached hydrogens (tertiary/aromatic N) is 2. The summed E-state index contributed by atoms with van der Waals surface area (Å²) in [7, 11) is 0. The molecule has 0 aliphatic heterocycles. The van der Waals surface area contributed by atoms with Crippen molar-refractivity contribution >= 4 is 17.4 Å². The van der Waals surface area contributed by atoms with Crippen molar-refractivity contribution < 1.29 is 9.13 Å². The fourth-order valence-electron chi connectivity index (χ4n) is 1.66. The number of hydrogen-bond donors (Lipinski definition) is 1. The molecule has 2 aromatic rings. The van der Waals surface area contributed by atoms with Crippen LogP contribution in [0.5, 0.6) is 11.6 Å². The van der Waals surface area contributed by atoms with Crippen molar-refractivity contribution in [1.29, 1.82) is 0 Å². The molecule has 0 radical (unpaired) electrons. The fraction of sp³-hybridized carbons (Fsp3) is 0.286. The largest absolute Gasteiger partial charge is 0.435 e. The molecule has 1 aromatic heterocycles. The second kappa shape index (κ2) is 6.05. The van der Waals surface area contributed by atoms with Gasteiger partial charge in [0.15, 0.2) is 11.6 Å². The number of ether oxygens (including phenoxy) is 1. The lowest BCUT2D eigenvalue weighted by atomic mass is 10.3. The number of benzene rings is 1. The number of nitrogen functional groups attached to an aromatic ring is 1. The molecule has 106 valence electrons. The maximum Gasteiger partial charge on any atom is 0.227 e. The van der Waals surface area contributed by atoms with Crippen LogP contribution in [0, 0.1) is 12.7 Å². The summed E-state index contributed by atoms with van der Waals surface area (Å²) in [5.74, 6) is 0.556. The minimum Gasteiger partial charge on any atom is -0.435 e. The predicted molar refractivity (Wildman–Crippen MR) is 76.7 cm³/mol. The van der Waals surface area contributed by atoms with E-state index in [4.69, 9.17) is 22.1 Å². The first-order valence-corrected chi connectivity index (χ1v) is 6.65. The standard InChI is InChI=1S/C14H15ClFN3O/c1-3-5-11-18-13(17)8(2)14(19-11)20-10-7-4-6-9(15)12(10)16/h4,6-7H,3,5H2,1-2H3,(H2,17,18,19). The molecule has 0 amide bonds. The lowest BCUT2D eigenvalue weighted by molar-refractivity contribution is 0.421. The first-order valence-electron chi connectivity index (χ1n) is 6.27. The van der Waals surface area contributed by atoms with E-state index in [-0.39, 0.29) is 16.7 Å². The summed E-state index contributed by atoms with van der Waals surface area (Å²) in [6.45, 7) is 3.74. The maximum absolute atomic E-state index is 13.8. The van der Waals surface area contributed by atoms with Crippen LogP contribution in [0.2, 0.25) is 5.02 Å². The minimum atomic E-state index is -0.622. The molecule has 1 aromatic carbocycles. The van der Waals surface area contributed by atoms with E-state index >= 15 is 0 Å². The van der Waals surface area contributed by atoms with Crippen LogP contribution in [0.4, 0.5) is 10.2 Å². The fourth-order valence-corrected chi connectivity index (χ4v) is 1.83. The van der Waals surface area contributed by atoms with Crippen LogP contribution in [-0.2, 0) is 6.42 Å². The maximum atomic E-state index is 13.8. The summed E-state index contributed by atoms with van der Waals surface area (Å²) in [6, 6.07) is 4.54. The van der Waals surface area contributed by atoms with E-state index in [1.165, 1.54) is 12.1 Å². The summed E-state index contributed by atoms with van der Waals surface area (Å²) in [5, 5.41) is -0.00374. The molecule has 2 rings (SSSR count). The average molecular weight is 296 g/mol. The monoisotopic (exact) mass is 295 g/mol. The highest BCUT2D eigenvalue weighted by Crippen LogP contribution is 2.30. The Kier molecular flexibility index (Phi) is 4.39. The Hall–Kier alpha value is -1.88. The molecule has 0 bridgehead atoms. The molecule has 0 aliphatic rings. The van der Waals surface area contributed by atoms with E-state index in [0.717, 1.165) is 6.42 Å². The molecular weight excluding hydrogens is 281 g/mol. The number of aromatic nitrogens is 2. The first kappa shape index (κ1) is 14.5. The zero-order valence-corrected chi connectivity index (χ0v) is 12.0. The van der Waals surface area contributed by atoms with E-state index in [0.29, 0.717) is 23.6 Å². The number of aryl methyl sites for hydroxylation is 1. The van der Waals surface area contributed by atoms with Crippen LogP contribution >= 0.6 is 11.6 Å². The van der Waals surface area contributed by atoms with Crippen LogP contribution in [0.15, 0.2) is 18.2 Å². The Balaban J connectivity index is 2.39. The smallest absolute Gasteiger partial charge is 0.227 e. The number of halogens is 2. The molecular formula is C14H15ClFN3O. The Morgan fingerprint density at radius 1 is 1.35 bits per heavy atom. The number of nitrogens with two attached hydrogens (primary N) is 1. The van der Waals surface area contributed by atoms with Crippen LogP contribution in [0.25, 0.3) is 0 Å². The molecule has 2 N–H and O–H groups in total. The lowest BCUT2D eigenvalue weighted by Gasteiger charge is -2.11. The summed E-state index contributed by atoms with van der Waals surface area (Å²) in [5.41, 5.74) is 6.40. The second-order valence-corrected chi connectivity index (χ2v) is 4.77. The van der Waals surface area contributed by atoms with Crippen molar-refractivity contribution in [3.63, 3.8) is 0 Å². The van der Waals surface area contributed by atoms with Gasteiger partial charge >= 0.3 is 0 Å². The highest BCUT2D eigenvalue weighted by molar-refractivity contribution is 6.30. The Morgan fingerprint density at radius 2 is 2.10 bits per heavy atom. The van der Waals surface area contributed by atoms with Crippen molar-refractivity contribution in [2.45, 2.75) is 26.7 Å². The van der Waals surface area contributed by atoms with Gasteiger partial charge in [-0.2, -0.15) is 4.98 Å². The van der Waals surface area contributed by atoms with Crippen molar-refractivity contribution in [1.82, 2.24) is 9.97 Å². The van der Waals surface area contributed by atoms with E-state index in [2.05, 4.69) is 9.97 Å². The van der Waals surface area contributed by atoms with E-state index in [9.17, 15) is 4.39 Å². The first-order chi connectivity index (χ1) is 9.52. The summed E-state index contributed by atoms with van der Waals surface area (Å²) in [6.07, 6.45) is 1.56. The number of anilines is 1. The molecule has 6 heteroatoms. The van der Waals surface area contributed by atoms with Gasteiger partial charge in [0.05, 0.1) is 10.6 Å². The van der Waals surface area contributed by atoms with Gasteiger partial charge in [0.2, 0.25) is 5.88 Å². The Bertz CT molecular complexity index is 634. The number of rotatable bonds is 4. The topological polar surface area (TPSA) is 61.0 Å². The summed E-state index contributed by atoms with van der Waals surface area (Å²) >= 11 is 5.72. The quantitative estimate of drug-likeness (QED) is 0.929. The predicted octanol–water partition coefficient (Wildman–Crippen LogP) is 3.90. The van der Waals surface area contributed by atoms with Crippen molar-refractivity contribution in [2.75, 3.05) is 5.73 Å². The van der Waals surface area contributed by atoms with E-state index in [1.54, 1.807) is 13.0 Å². The molecule has 1 heterocycles. The molecule has 0 aliphatic carbocycles. The number of hydrogen-bond acceptors (Lipinski definition) is 4. The van der Waals surface area contributed by atoms with Gasteiger partial charge in [-0.05, 0) is 25.5 Å².